The molecule has 4 nitrogen and oxygen atoms in total. The number of thiophene rings is 1. The highest BCUT2D eigenvalue weighted by molar-refractivity contribution is 7.10. The van der Waals surface area contributed by atoms with Crippen LogP contribution in [0.25, 0.3) is 6.08 Å². The molecule has 1 aliphatic rings. The van der Waals surface area contributed by atoms with Gasteiger partial charge in [-0.15, -0.1) is 11.3 Å². The Morgan fingerprint density at radius 1 is 1.35 bits per heavy atom. The Balaban J connectivity index is 1.81. The van der Waals surface area contributed by atoms with Crippen molar-refractivity contribution in [2.24, 2.45) is 0 Å². The summed E-state index contributed by atoms with van der Waals surface area (Å²) in [4.78, 5) is 26.7. The molecule has 1 aromatic rings. The normalized spacial score (nSPS) is 16.1. The molecule has 2 heterocycles. The molecule has 1 N–H and O–H groups in total. The van der Waals surface area contributed by atoms with E-state index in [1.807, 2.05) is 28.5 Å². The summed E-state index contributed by atoms with van der Waals surface area (Å²) in [7, 11) is 0. The van der Waals surface area contributed by atoms with Crippen LogP contribution in [0.5, 0.6) is 0 Å². The third-order valence-electron chi connectivity index (χ3n) is 3.37. The second kappa shape index (κ2) is 7.24. The Labute approximate surface area is 123 Å². The lowest BCUT2D eigenvalue weighted by Gasteiger charge is -2.26. The zero-order valence-electron chi connectivity index (χ0n) is 11.7. The fourth-order valence-corrected chi connectivity index (χ4v) is 2.92. The number of carbonyl (C=O) groups excluding carboxylic acids is 2. The summed E-state index contributed by atoms with van der Waals surface area (Å²) < 4.78 is 0. The van der Waals surface area contributed by atoms with Crippen LogP contribution < -0.4 is 5.32 Å². The van der Waals surface area contributed by atoms with Gasteiger partial charge in [0.25, 0.3) is 0 Å². The number of hydrogen-bond acceptors (Lipinski definition) is 3. The number of carbonyl (C=O) groups is 2. The van der Waals surface area contributed by atoms with Gasteiger partial charge in [0.1, 0.15) is 0 Å². The van der Waals surface area contributed by atoms with Crippen LogP contribution in [0.3, 0.4) is 0 Å². The smallest absolute Gasteiger partial charge is 0.247 e. The number of amides is 2. The molecule has 0 radical (unpaired) electrons. The SMILES string of the molecule is C/C(=C\c1cccs1)C(=O)NCC(=O)N1CCCCC1. The van der Waals surface area contributed by atoms with Crippen molar-refractivity contribution >= 4 is 29.2 Å². The zero-order chi connectivity index (χ0) is 14.4. The number of piperidine rings is 1. The zero-order valence-corrected chi connectivity index (χ0v) is 12.5. The van der Waals surface area contributed by atoms with E-state index in [4.69, 9.17) is 0 Å². The molecule has 0 bridgehead atoms. The maximum Gasteiger partial charge on any atom is 0.247 e. The maximum absolute atomic E-state index is 11.9. The molecule has 20 heavy (non-hydrogen) atoms. The molecular formula is C15H20N2O2S. The highest BCUT2D eigenvalue weighted by Crippen LogP contribution is 2.13. The second-order valence-corrected chi connectivity index (χ2v) is 5.95. The van der Waals surface area contributed by atoms with Crippen molar-refractivity contribution in [3.63, 3.8) is 0 Å². The minimum Gasteiger partial charge on any atom is -0.343 e. The van der Waals surface area contributed by atoms with Gasteiger partial charge in [-0.2, -0.15) is 0 Å². The Hall–Kier alpha value is -1.62. The van der Waals surface area contributed by atoms with Crippen LogP contribution in [0.15, 0.2) is 23.1 Å². The summed E-state index contributed by atoms with van der Waals surface area (Å²) in [5.41, 5.74) is 0.624. The van der Waals surface area contributed by atoms with Crippen molar-refractivity contribution in [3.8, 4) is 0 Å². The van der Waals surface area contributed by atoms with Gasteiger partial charge < -0.3 is 10.2 Å². The van der Waals surface area contributed by atoms with Crippen molar-refractivity contribution in [2.75, 3.05) is 19.6 Å². The third-order valence-corrected chi connectivity index (χ3v) is 4.19. The molecule has 1 saturated heterocycles. The Bertz CT molecular complexity index is 488. The molecule has 0 unspecified atom stereocenters. The fourth-order valence-electron chi connectivity index (χ4n) is 2.20. The molecule has 2 amide bonds. The highest BCUT2D eigenvalue weighted by atomic mass is 32.1. The summed E-state index contributed by atoms with van der Waals surface area (Å²) in [6.07, 6.45) is 5.16. The molecule has 0 saturated carbocycles. The number of rotatable bonds is 4. The predicted molar refractivity (Wildman–Crippen MR) is 81.4 cm³/mol. The van der Waals surface area contributed by atoms with Crippen molar-refractivity contribution in [3.05, 3.63) is 28.0 Å². The second-order valence-electron chi connectivity index (χ2n) is 4.97. The molecule has 0 atom stereocenters. The fraction of sp³-hybridized carbons (Fsp3) is 0.467. The van der Waals surface area contributed by atoms with Crippen molar-refractivity contribution in [2.45, 2.75) is 26.2 Å². The molecule has 1 fully saturated rings. The number of likely N-dealkylation sites (tertiary alicyclic amines) is 1. The first kappa shape index (κ1) is 14.8. The molecule has 2 rings (SSSR count). The number of nitrogens with zero attached hydrogens (tertiary/aromatic N) is 1. The van der Waals surface area contributed by atoms with Gasteiger partial charge in [-0.25, -0.2) is 0 Å². The topological polar surface area (TPSA) is 49.4 Å². The first-order valence-corrected chi connectivity index (χ1v) is 7.82. The lowest BCUT2D eigenvalue weighted by atomic mass is 10.1. The minimum absolute atomic E-state index is 0.0157. The molecular weight excluding hydrogens is 272 g/mol. The van der Waals surface area contributed by atoms with Crippen LogP contribution in [0.2, 0.25) is 0 Å². The number of hydrogen-bond donors (Lipinski definition) is 1. The van der Waals surface area contributed by atoms with Crippen LogP contribution in [-0.2, 0) is 9.59 Å². The highest BCUT2D eigenvalue weighted by Gasteiger charge is 2.17. The van der Waals surface area contributed by atoms with Gasteiger partial charge in [0, 0.05) is 23.5 Å². The maximum atomic E-state index is 11.9. The summed E-state index contributed by atoms with van der Waals surface area (Å²) in [6, 6.07) is 3.90. The van der Waals surface area contributed by atoms with Crippen LogP contribution in [0.1, 0.15) is 31.1 Å². The largest absolute Gasteiger partial charge is 0.343 e. The van der Waals surface area contributed by atoms with Gasteiger partial charge >= 0.3 is 0 Å². The Morgan fingerprint density at radius 3 is 2.75 bits per heavy atom. The quantitative estimate of drug-likeness (QED) is 0.866. The van der Waals surface area contributed by atoms with Gasteiger partial charge in [0.15, 0.2) is 0 Å². The van der Waals surface area contributed by atoms with E-state index in [0.29, 0.717) is 5.57 Å². The van der Waals surface area contributed by atoms with Crippen molar-refractivity contribution in [1.82, 2.24) is 10.2 Å². The van der Waals surface area contributed by atoms with Gasteiger partial charge in [0.2, 0.25) is 11.8 Å². The summed E-state index contributed by atoms with van der Waals surface area (Å²) in [6.45, 7) is 3.49. The molecule has 5 heteroatoms. The Kier molecular flexibility index (Phi) is 5.35. The van der Waals surface area contributed by atoms with Gasteiger partial charge in [0.05, 0.1) is 6.54 Å². The monoisotopic (exact) mass is 292 g/mol. The first-order valence-electron chi connectivity index (χ1n) is 6.94. The van der Waals surface area contributed by atoms with Gasteiger partial charge in [-0.05, 0) is 43.7 Å². The van der Waals surface area contributed by atoms with Gasteiger partial charge in [-0.3, -0.25) is 9.59 Å². The summed E-state index contributed by atoms with van der Waals surface area (Å²) in [5.74, 6) is -0.161. The lowest BCUT2D eigenvalue weighted by molar-refractivity contribution is -0.132. The van der Waals surface area contributed by atoms with Crippen LogP contribution in [0, 0.1) is 0 Å². The van der Waals surface area contributed by atoms with Crippen LogP contribution in [-0.4, -0.2) is 36.3 Å². The minimum atomic E-state index is -0.177. The molecule has 0 spiro atoms. The molecule has 1 aromatic heterocycles. The van der Waals surface area contributed by atoms with Crippen LogP contribution >= 0.6 is 11.3 Å². The van der Waals surface area contributed by atoms with E-state index in [1.165, 1.54) is 6.42 Å². The van der Waals surface area contributed by atoms with Crippen molar-refractivity contribution < 1.29 is 9.59 Å². The standard InChI is InChI=1S/C15H20N2O2S/c1-12(10-13-6-5-9-20-13)15(19)16-11-14(18)17-7-3-2-4-8-17/h5-6,9-10H,2-4,7-8,11H2,1H3,(H,16,19)/b12-10+. The Morgan fingerprint density at radius 2 is 2.10 bits per heavy atom. The average Bonchev–Trinajstić information content (AvgIpc) is 2.98. The van der Waals surface area contributed by atoms with E-state index in [9.17, 15) is 9.59 Å². The molecule has 0 aliphatic carbocycles. The van der Waals surface area contributed by atoms with E-state index in [-0.39, 0.29) is 18.4 Å². The lowest BCUT2D eigenvalue weighted by Crippen LogP contribution is -2.42. The molecule has 108 valence electrons. The van der Waals surface area contributed by atoms with E-state index in [1.54, 1.807) is 18.3 Å². The third kappa shape index (κ3) is 4.20. The molecule has 1 aliphatic heterocycles. The van der Waals surface area contributed by atoms with E-state index in [2.05, 4.69) is 5.32 Å². The summed E-state index contributed by atoms with van der Waals surface area (Å²) >= 11 is 1.58. The first-order chi connectivity index (χ1) is 9.66. The molecule has 0 aromatic carbocycles. The number of nitrogens with one attached hydrogen (secondary N) is 1. The predicted octanol–water partition coefficient (Wildman–Crippen LogP) is 2.28. The van der Waals surface area contributed by atoms with Gasteiger partial charge in [-0.1, -0.05) is 6.07 Å². The van der Waals surface area contributed by atoms with Crippen molar-refractivity contribution in [1.29, 1.82) is 0 Å². The van der Waals surface area contributed by atoms with E-state index < -0.39 is 0 Å². The summed E-state index contributed by atoms with van der Waals surface area (Å²) in [5, 5.41) is 4.67. The average molecular weight is 292 g/mol. The van der Waals surface area contributed by atoms with E-state index in [0.717, 1.165) is 30.8 Å². The van der Waals surface area contributed by atoms with Crippen LogP contribution in [0.4, 0.5) is 0 Å². The van der Waals surface area contributed by atoms with E-state index >= 15 is 0 Å².